The van der Waals surface area contributed by atoms with E-state index < -0.39 is 5.97 Å². The number of fused-ring (bicyclic) bond motifs is 1. The molecule has 6 nitrogen and oxygen atoms in total. The smallest absolute Gasteiger partial charge is 0.341 e. The Balaban J connectivity index is 1.88. The van der Waals surface area contributed by atoms with Gasteiger partial charge in [0.1, 0.15) is 21.1 Å². The topological polar surface area (TPSA) is 77.5 Å². The van der Waals surface area contributed by atoms with Gasteiger partial charge in [0.15, 0.2) is 6.61 Å². The summed E-state index contributed by atoms with van der Waals surface area (Å²) in [7, 11) is 0. The van der Waals surface area contributed by atoms with Gasteiger partial charge in [-0.2, -0.15) is 0 Å². The number of aryl methyl sites for hydroxylation is 2. The van der Waals surface area contributed by atoms with Gasteiger partial charge < -0.3 is 14.8 Å². The van der Waals surface area contributed by atoms with E-state index in [4.69, 9.17) is 9.47 Å². The van der Waals surface area contributed by atoms with Crippen molar-refractivity contribution in [1.29, 1.82) is 0 Å². The molecule has 0 aliphatic heterocycles. The fourth-order valence-electron chi connectivity index (χ4n) is 2.76. The summed E-state index contributed by atoms with van der Waals surface area (Å²) in [5.74, 6) is -0.232. The summed E-state index contributed by atoms with van der Waals surface area (Å²) < 4.78 is 10.7. The molecule has 140 valence electrons. The Morgan fingerprint density at radius 2 is 1.93 bits per heavy atom. The second kappa shape index (κ2) is 8.18. The number of nitrogens with zero attached hydrogens (tertiary/aromatic N) is 1. The Hall–Kier alpha value is -2.93. The average Bonchev–Trinajstić information content (AvgIpc) is 2.99. The molecule has 1 N–H and O–H groups in total. The number of hydrogen-bond acceptors (Lipinski definition) is 6. The van der Waals surface area contributed by atoms with Crippen molar-refractivity contribution in [1.82, 2.24) is 4.98 Å². The van der Waals surface area contributed by atoms with E-state index in [9.17, 15) is 9.59 Å². The summed E-state index contributed by atoms with van der Waals surface area (Å²) in [4.78, 5) is 30.0. The zero-order chi connectivity index (χ0) is 19.4. The first-order valence-electron chi connectivity index (χ1n) is 8.55. The molecule has 1 aromatic carbocycles. The largest absolute Gasteiger partial charge is 0.484 e. The van der Waals surface area contributed by atoms with Crippen LogP contribution in [0.25, 0.3) is 10.2 Å². The van der Waals surface area contributed by atoms with Crippen molar-refractivity contribution in [2.45, 2.75) is 20.8 Å². The van der Waals surface area contributed by atoms with Gasteiger partial charge in [0, 0.05) is 11.1 Å². The molecule has 0 aliphatic carbocycles. The zero-order valence-electron chi connectivity index (χ0n) is 15.4. The predicted molar refractivity (Wildman–Crippen MR) is 106 cm³/mol. The van der Waals surface area contributed by atoms with Crippen LogP contribution < -0.4 is 10.1 Å². The molecular weight excluding hydrogens is 364 g/mol. The minimum absolute atomic E-state index is 0.161. The third kappa shape index (κ3) is 4.25. The third-order valence-corrected chi connectivity index (χ3v) is 4.83. The number of anilines is 1. The van der Waals surface area contributed by atoms with Crippen molar-refractivity contribution in [3.05, 3.63) is 53.2 Å². The fraction of sp³-hybridized carbons (Fsp3) is 0.250. The molecule has 0 spiro atoms. The maximum absolute atomic E-state index is 12.5. The first-order chi connectivity index (χ1) is 13.0. The first kappa shape index (κ1) is 18.8. The maximum Gasteiger partial charge on any atom is 0.341 e. The first-order valence-corrected chi connectivity index (χ1v) is 9.36. The van der Waals surface area contributed by atoms with Gasteiger partial charge in [-0.1, -0.05) is 29.5 Å². The Kier molecular flexibility index (Phi) is 5.71. The molecule has 0 saturated carbocycles. The molecule has 2 aromatic heterocycles. The highest BCUT2D eigenvalue weighted by Crippen LogP contribution is 2.37. The number of hydrogen-bond donors (Lipinski definition) is 1. The molecule has 0 atom stereocenters. The lowest BCUT2D eigenvalue weighted by Crippen LogP contribution is -2.21. The van der Waals surface area contributed by atoms with Crippen LogP contribution in [0.2, 0.25) is 0 Å². The number of carbonyl (C=O) groups is 2. The maximum atomic E-state index is 12.5. The molecule has 3 rings (SSSR count). The number of nitrogens with one attached hydrogen (secondary N) is 1. The number of ether oxygens (including phenoxy) is 2. The van der Waals surface area contributed by atoms with Crippen molar-refractivity contribution < 1.29 is 19.1 Å². The summed E-state index contributed by atoms with van der Waals surface area (Å²) in [6.45, 7) is 5.64. The van der Waals surface area contributed by atoms with Gasteiger partial charge in [0.2, 0.25) is 0 Å². The molecular formula is C20H20N2O4S. The van der Waals surface area contributed by atoms with Gasteiger partial charge in [0.05, 0.1) is 6.61 Å². The molecule has 0 unspecified atom stereocenters. The SMILES string of the molecule is CCOC(=O)c1c(NC(=O)COc2ccccc2)sc2nc(C)cc(C)c12. The number of amides is 1. The van der Waals surface area contributed by atoms with Crippen molar-refractivity contribution in [3.63, 3.8) is 0 Å². The second-order valence-electron chi connectivity index (χ2n) is 5.94. The standard InChI is InChI=1S/C20H20N2O4S/c1-4-25-20(24)17-16-12(2)10-13(3)21-18(16)27-19(17)22-15(23)11-26-14-8-6-5-7-9-14/h5-10H,4,11H2,1-3H3,(H,22,23). The molecule has 0 fully saturated rings. The van der Waals surface area contributed by atoms with E-state index >= 15 is 0 Å². The number of pyridine rings is 1. The van der Waals surface area contributed by atoms with Crippen LogP contribution in [0, 0.1) is 13.8 Å². The molecule has 3 aromatic rings. The lowest BCUT2D eigenvalue weighted by atomic mass is 10.1. The lowest BCUT2D eigenvalue weighted by molar-refractivity contribution is -0.118. The monoisotopic (exact) mass is 384 g/mol. The lowest BCUT2D eigenvalue weighted by Gasteiger charge is -2.08. The van der Waals surface area contributed by atoms with Crippen LogP contribution >= 0.6 is 11.3 Å². The number of carbonyl (C=O) groups excluding carboxylic acids is 2. The van der Waals surface area contributed by atoms with Crippen molar-refractivity contribution in [2.75, 3.05) is 18.5 Å². The normalized spacial score (nSPS) is 10.6. The van der Waals surface area contributed by atoms with E-state index in [1.807, 2.05) is 38.1 Å². The van der Waals surface area contributed by atoms with Crippen LogP contribution in [-0.2, 0) is 9.53 Å². The van der Waals surface area contributed by atoms with E-state index in [-0.39, 0.29) is 19.1 Å². The highest BCUT2D eigenvalue weighted by atomic mass is 32.1. The molecule has 7 heteroatoms. The van der Waals surface area contributed by atoms with Gasteiger partial charge in [-0.15, -0.1) is 0 Å². The number of aromatic nitrogens is 1. The zero-order valence-corrected chi connectivity index (χ0v) is 16.2. The minimum Gasteiger partial charge on any atom is -0.484 e. The van der Waals surface area contributed by atoms with E-state index in [2.05, 4.69) is 10.3 Å². The summed E-state index contributed by atoms with van der Waals surface area (Å²) >= 11 is 1.26. The van der Waals surface area contributed by atoms with Crippen molar-refractivity contribution in [2.24, 2.45) is 0 Å². The van der Waals surface area contributed by atoms with E-state index in [1.165, 1.54) is 11.3 Å². The number of benzene rings is 1. The Morgan fingerprint density at radius 3 is 2.63 bits per heavy atom. The fourth-order valence-corrected chi connectivity index (χ4v) is 3.96. The highest BCUT2D eigenvalue weighted by molar-refractivity contribution is 7.23. The van der Waals surface area contributed by atoms with Crippen LogP contribution in [0.15, 0.2) is 36.4 Å². The molecule has 0 bridgehead atoms. The molecule has 1 amide bonds. The van der Waals surface area contributed by atoms with Crippen LogP contribution in [0.4, 0.5) is 5.00 Å². The van der Waals surface area contributed by atoms with Crippen LogP contribution in [0.3, 0.4) is 0 Å². The summed E-state index contributed by atoms with van der Waals surface area (Å²) in [5.41, 5.74) is 2.11. The second-order valence-corrected chi connectivity index (χ2v) is 6.94. The third-order valence-electron chi connectivity index (χ3n) is 3.83. The van der Waals surface area contributed by atoms with Gasteiger partial charge in [-0.05, 0) is 44.5 Å². The number of esters is 1. The van der Waals surface area contributed by atoms with Crippen molar-refractivity contribution >= 4 is 38.4 Å². The summed E-state index contributed by atoms with van der Waals surface area (Å²) in [6.07, 6.45) is 0. The van der Waals surface area contributed by atoms with Crippen molar-refractivity contribution in [3.8, 4) is 5.75 Å². The quantitative estimate of drug-likeness (QED) is 0.647. The van der Waals surface area contributed by atoms with E-state index in [0.717, 1.165) is 11.3 Å². The number of rotatable bonds is 6. The van der Waals surface area contributed by atoms with E-state index in [0.29, 0.717) is 26.5 Å². The predicted octanol–water partition coefficient (Wildman–Crippen LogP) is 4.11. The summed E-state index contributed by atoms with van der Waals surface area (Å²) in [6, 6.07) is 11.0. The van der Waals surface area contributed by atoms with Gasteiger partial charge in [0.25, 0.3) is 5.91 Å². The summed E-state index contributed by atoms with van der Waals surface area (Å²) in [5, 5.41) is 3.90. The highest BCUT2D eigenvalue weighted by Gasteiger charge is 2.24. The number of thiophene rings is 1. The van der Waals surface area contributed by atoms with Crippen LogP contribution in [0.1, 0.15) is 28.5 Å². The Morgan fingerprint density at radius 1 is 1.19 bits per heavy atom. The van der Waals surface area contributed by atoms with Gasteiger partial charge >= 0.3 is 5.97 Å². The van der Waals surface area contributed by atoms with Gasteiger partial charge in [-0.25, -0.2) is 9.78 Å². The molecule has 0 saturated heterocycles. The minimum atomic E-state index is -0.475. The molecule has 0 aliphatic rings. The number of para-hydroxylation sites is 1. The Labute approximate surface area is 161 Å². The molecule has 27 heavy (non-hydrogen) atoms. The van der Waals surface area contributed by atoms with Crippen LogP contribution in [0.5, 0.6) is 5.75 Å². The van der Waals surface area contributed by atoms with Gasteiger partial charge in [-0.3, -0.25) is 4.79 Å². The van der Waals surface area contributed by atoms with Crippen LogP contribution in [-0.4, -0.2) is 30.1 Å². The Bertz CT molecular complexity index is 983. The molecule has 0 radical (unpaired) electrons. The van der Waals surface area contributed by atoms with E-state index in [1.54, 1.807) is 19.1 Å². The average molecular weight is 384 g/mol. The molecule has 2 heterocycles.